The zero-order valence-electron chi connectivity index (χ0n) is 10.9. The fourth-order valence-electron chi connectivity index (χ4n) is 1.96. The number of rotatable bonds is 4. The molecular formula is C15H14BrClFNO. The van der Waals surface area contributed by atoms with Crippen LogP contribution in [0.15, 0.2) is 34.8 Å². The van der Waals surface area contributed by atoms with Gasteiger partial charge in [-0.3, -0.25) is 0 Å². The molecule has 0 aliphatic heterocycles. The van der Waals surface area contributed by atoms with Crippen molar-refractivity contribution in [3.63, 3.8) is 0 Å². The van der Waals surface area contributed by atoms with Gasteiger partial charge in [-0.15, -0.1) is 0 Å². The second-order valence-electron chi connectivity index (χ2n) is 4.44. The minimum atomic E-state index is -0.335. The Balaban J connectivity index is 2.25. The predicted octanol–water partition coefficient (Wildman–Crippen LogP) is 4.59. The Morgan fingerprint density at radius 2 is 2.00 bits per heavy atom. The number of benzene rings is 2. The molecule has 2 aromatic rings. The van der Waals surface area contributed by atoms with Crippen molar-refractivity contribution in [3.8, 4) is 5.75 Å². The second kappa shape index (κ2) is 6.57. The summed E-state index contributed by atoms with van der Waals surface area (Å²) >= 11 is 9.28. The maximum atomic E-state index is 13.6. The highest BCUT2D eigenvalue weighted by Gasteiger charge is 2.10. The molecule has 0 fully saturated rings. The van der Waals surface area contributed by atoms with Gasteiger partial charge in [-0.2, -0.15) is 0 Å². The van der Waals surface area contributed by atoms with E-state index in [2.05, 4.69) is 15.9 Å². The average Bonchev–Trinajstić information content (AvgIpc) is 2.40. The molecule has 0 amide bonds. The molecule has 0 bridgehead atoms. The fraction of sp³-hybridized carbons (Fsp3) is 0.200. The number of hydrogen-bond acceptors (Lipinski definition) is 2. The molecule has 0 radical (unpaired) electrons. The van der Waals surface area contributed by atoms with Crippen LogP contribution >= 0.6 is 27.5 Å². The van der Waals surface area contributed by atoms with Gasteiger partial charge in [0, 0.05) is 27.2 Å². The summed E-state index contributed by atoms with van der Waals surface area (Å²) in [4.78, 5) is 0. The Labute approximate surface area is 130 Å². The average molecular weight is 359 g/mol. The van der Waals surface area contributed by atoms with Crippen LogP contribution in [0.2, 0.25) is 5.02 Å². The highest BCUT2D eigenvalue weighted by Crippen LogP contribution is 2.29. The lowest BCUT2D eigenvalue weighted by atomic mass is 10.1. The molecule has 2 nitrogen and oxygen atoms in total. The van der Waals surface area contributed by atoms with E-state index in [1.807, 2.05) is 19.1 Å². The molecule has 0 heterocycles. The molecule has 0 aliphatic carbocycles. The summed E-state index contributed by atoms with van der Waals surface area (Å²) in [5, 5.41) is 0.483. The number of halogens is 3. The van der Waals surface area contributed by atoms with E-state index in [-0.39, 0.29) is 12.4 Å². The van der Waals surface area contributed by atoms with Crippen molar-refractivity contribution in [2.45, 2.75) is 20.1 Å². The topological polar surface area (TPSA) is 35.2 Å². The lowest BCUT2D eigenvalue weighted by Crippen LogP contribution is -2.05. The molecule has 0 atom stereocenters. The molecule has 0 spiro atoms. The van der Waals surface area contributed by atoms with Crippen molar-refractivity contribution in [3.05, 3.63) is 62.3 Å². The van der Waals surface area contributed by atoms with Gasteiger partial charge in [0.05, 0.1) is 0 Å². The Bertz CT molecular complexity index is 634. The summed E-state index contributed by atoms with van der Waals surface area (Å²) in [6.45, 7) is 2.39. The largest absolute Gasteiger partial charge is 0.488 e. The maximum absolute atomic E-state index is 13.6. The number of nitrogens with two attached hydrogens (primary N) is 1. The molecule has 0 saturated heterocycles. The first kappa shape index (κ1) is 15.3. The molecule has 20 heavy (non-hydrogen) atoms. The van der Waals surface area contributed by atoms with Crippen molar-refractivity contribution < 1.29 is 9.13 Å². The Morgan fingerprint density at radius 1 is 1.25 bits per heavy atom. The maximum Gasteiger partial charge on any atom is 0.129 e. The third-order valence-corrected chi connectivity index (χ3v) is 3.61. The minimum absolute atomic E-state index is 0.113. The van der Waals surface area contributed by atoms with Crippen LogP contribution in [0.1, 0.15) is 16.7 Å². The van der Waals surface area contributed by atoms with Gasteiger partial charge in [-0.25, -0.2) is 4.39 Å². The van der Waals surface area contributed by atoms with Crippen LogP contribution in [0.25, 0.3) is 0 Å². The van der Waals surface area contributed by atoms with E-state index in [4.69, 9.17) is 22.1 Å². The summed E-state index contributed by atoms with van der Waals surface area (Å²) in [5.74, 6) is 0.355. The molecule has 0 unspecified atom stereocenters. The zero-order valence-corrected chi connectivity index (χ0v) is 13.3. The van der Waals surface area contributed by atoms with Crippen LogP contribution in [0.5, 0.6) is 5.75 Å². The molecule has 0 saturated carbocycles. The van der Waals surface area contributed by atoms with E-state index in [1.54, 1.807) is 6.07 Å². The van der Waals surface area contributed by atoms with Crippen LogP contribution < -0.4 is 10.5 Å². The van der Waals surface area contributed by atoms with Gasteiger partial charge < -0.3 is 10.5 Å². The fourth-order valence-corrected chi connectivity index (χ4v) is 2.78. The highest BCUT2D eigenvalue weighted by atomic mass is 79.9. The molecule has 2 N–H and O–H groups in total. The standard InChI is InChI=1S/C15H14BrClFNO/c1-9-4-12(16)5-10(7-19)15(9)20-8-11-6-13(17)2-3-14(11)18/h2-6H,7-8,19H2,1H3. The van der Waals surface area contributed by atoms with Gasteiger partial charge in [0.2, 0.25) is 0 Å². The third kappa shape index (κ3) is 3.51. The van der Waals surface area contributed by atoms with E-state index in [9.17, 15) is 4.39 Å². The van der Waals surface area contributed by atoms with Crippen LogP contribution in [0.4, 0.5) is 4.39 Å². The number of hydrogen-bond donors (Lipinski definition) is 1. The summed E-state index contributed by atoms with van der Waals surface area (Å²) in [6, 6.07) is 8.24. The quantitative estimate of drug-likeness (QED) is 0.867. The number of aryl methyl sites for hydroxylation is 1. The van der Waals surface area contributed by atoms with Gasteiger partial charge in [0.1, 0.15) is 18.2 Å². The summed E-state index contributed by atoms with van der Waals surface area (Å²) < 4.78 is 20.3. The van der Waals surface area contributed by atoms with Crippen molar-refractivity contribution >= 4 is 27.5 Å². The zero-order chi connectivity index (χ0) is 14.7. The molecule has 106 valence electrons. The Hall–Kier alpha value is -1.10. The molecule has 0 aliphatic rings. The molecule has 2 aromatic carbocycles. The van der Waals surface area contributed by atoms with Crippen molar-refractivity contribution in [2.24, 2.45) is 5.73 Å². The Kier molecular flexibility index (Phi) is 5.02. The van der Waals surface area contributed by atoms with Crippen molar-refractivity contribution in [1.82, 2.24) is 0 Å². The first-order valence-electron chi connectivity index (χ1n) is 6.07. The smallest absolute Gasteiger partial charge is 0.129 e. The van der Waals surface area contributed by atoms with Gasteiger partial charge >= 0.3 is 0 Å². The summed E-state index contributed by atoms with van der Waals surface area (Å²) in [6.07, 6.45) is 0. The van der Waals surface area contributed by atoms with Crippen LogP contribution in [-0.2, 0) is 13.2 Å². The van der Waals surface area contributed by atoms with Gasteiger partial charge in [-0.1, -0.05) is 27.5 Å². The normalized spacial score (nSPS) is 10.7. The second-order valence-corrected chi connectivity index (χ2v) is 5.79. The molecule has 5 heteroatoms. The lowest BCUT2D eigenvalue weighted by Gasteiger charge is -2.14. The minimum Gasteiger partial charge on any atom is -0.488 e. The van der Waals surface area contributed by atoms with E-state index in [1.165, 1.54) is 12.1 Å². The lowest BCUT2D eigenvalue weighted by molar-refractivity contribution is 0.294. The van der Waals surface area contributed by atoms with Crippen molar-refractivity contribution in [1.29, 1.82) is 0 Å². The van der Waals surface area contributed by atoms with Crippen LogP contribution in [0, 0.1) is 12.7 Å². The molecule has 2 rings (SSSR count). The summed E-state index contributed by atoms with van der Waals surface area (Å²) in [5.41, 5.74) is 7.96. The van der Waals surface area contributed by atoms with Gasteiger partial charge in [0.15, 0.2) is 0 Å². The van der Waals surface area contributed by atoms with E-state index in [0.29, 0.717) is 22.9 Å². The van der Waals surface area contributed by atoms with E-state index < -0.39 is 0 Å². The number of ether oxygens (including phenoxy) is 1. The molecule has 0 aromatic heterocycles. The first-order valence-corrected chi connectivity index (χ1v) is 7.24. The Morgan fingerprint density at radius 3 is 2.70 bits per heavy atom. The predicted molar refractivity (Wildman–Crippen MR) is 82.5 cm³/mol. The highest BCUT2D eigenvalue weighted by molar-refractivity contribution is 9.10. The van der Waals surface area contributed by atoms with E-state index in [0.717, 1.165) is 15.6 Å². The first-order chi connectivity index (χ1) is 9.51. The van der Waals surface area contributed by atoms with E-state index >= 15 is 0 Å². The summed E-state index contributed by atoms with van der Waals surface area (Å²) in [7, 11) is 0. The SMILES string of the molecule is Cc1cc(Br)cc(CN)c1OCc1cc(Cl)ccc1F. The van der Waals surface area contributed by atoms with Crippen LogP contribution in [-0.4, -0.2) is 0 Å². The monoisotopic (exact) mass is 357 g/mol. The van der Waals surface area contributed by atoms with Crippen LogP contribution in [0.3, 0.4) is 0 Å². The third-order valence-electron chi connectivity index (χ3n) is 2.92. The van der Waals surface area contributed by atoms with Gasteiger partial charge in [0.25, 0.3) is 0 Å². The van der Waals surface area contributed by atoms with Gasteiger partial charge in [-0.05, 0) is 42.8 Å². The van der Waals surface area contributed by atoms with Crippen molar-refractivity contribution in [2.75, 3.05) is 0 Å². The molecular weight excluding hydrogens is 345 g/mol.